The lowest BCUT2D eigenvalue weighted by atomic mass is 9.99. The Labute approximate surface area is 74.6 Å². The van der Waals surface area contributed by atoms with E-state index in [0.29, 0.717) is 18.8 Å². The van der Waals surface area contributed by atoms with E-state index in [9.17, 15) is 4.79 Å². The van der Waals surface area contributed by atoms with Crippen LogP contribution < -0.4 is 0 Å². The van der Waals surface area contributed by atoms with E-state index in [0.717, 1.165) is 6.42 Å². The van der Waals surface area contributed by atoms with Gasteiger partial charge >= 0.3 is 0 Å². The topological polar surface area (TPSA) is 26.3 Å². The number of ether oxygens (including phenoxy) is 1. The number of ketones is 1. The molecule has 1 atom stereocenters. The van der Waals surface area contributed by atoms with E-state index in [4.69, 9.17) is 4.74 Å². The molecule has 0 amide bonds. The van der Waals surface area contributed by atoms with Crippen LogP contribution in [0.3, 0.4) is 0 Å². The Bertz CT molecular complexity index is 161. The normalized spacial score (nSPS) is 12.6. The van der Waals surface area contributed by atoms with E-state index in [-0.39, 0.29) is 11.7 Å². The Balaban J connectivity index is 3.64. The Morgan fingerprint density at radius 1 is 1.58 bits per heavy atom. The Hall–Kier alpha value is -0.630. The zero-order valence-corrected chi connectivity index (χ0v) is 7.93. The summed E-state index contributed by atoms with van der Waals surface area (Å²) in [5.74, 6) is 0.150. The molecule has 12 heavy (non-hydrogen) atoms. The minimum atomic E-state index is 0.0223. The molecule has 0 fully saturated rings. The van der Waals surface area contributed by atoms with E-state index in [1.165, 1.54) is 0 Å². The lowest BCUT2D eigenvalue weighted by Crippen LogP contribution is -2.13. The molecular formula is C10H17O2. The van der Waals surface area contributed by atoms with Gasteiger partial charge in [-0.3, -0.25) is 4.79 Å². The van der Waals surface area contributed by atoms with Gasteiger partial charge in [0.2, 0.25) is 0 Å². The van der Waals surface area contributed by atoms with Crippen LogP contribution >= 0.6 is 0 Å². The van der Waals surface area contributed by atoms with Gasteiger partial charge in [0.15, 0.2) is 5.78 Å². The predicted molar refractivity (Wildman–Crippen MR) is 49.8 cm³/mol. The van der Waals surface area contributed by atoms with Crippen molar-refractivity contribution >= 4 is 5.78 Å². The summed E-state index contributed by atoms with van der Waals surface area (Å²) in [6, 6.07) is 0. The first kappa shape index (κ1) is 11.4. The molecule has 0 spiro atoms. The first-order chi connectivity index (χ1) is 5.59. The minimum absolute atomic E-state index is 0.0223. The summed E-state index contributed by atoms with van der Waals surface area (Å²) in [5, 5.41) is 0. The second kappa shape index (κ2) is 5.95. The highest BCUT2D eigenvalue weighted by Gasteiger charge is 2.12. The maximum atomic E-state index is 11.3. The van der Waals surface area contributed by atoms with Gasteiger partial charge in [0.25, 0.3) is 0 Å². The standard InChI is InChI=1S/C10H17O2/c1-5-12-7-6-9(4)10(11)8(2)3/h9H,1-2,5-7H2,3-4H3. The quantitative estimate of drug-likeness (QED) is 0.449. The number of carbonyl (C=O) groups is 1. The maximum Gasteiger partial charge on any atom is 0.160 e. The second-order valence-corrected chi connectivity index (χ2v) is 2.95. The van der Waals surface area contributed by atoms with Gasteiger partial charge in [-0.2, -0.15) is 0 Å². The summed E-state index contributed by atoms with van der Waals surface area (Å²) in [7, 11) is 0. The van der Waals surface area contributed by atoms with E-state index < -0.39 is 0 Å². The molecule has 0 aliphatic heterocycles. The van der Waals surface area contributed by atoms with Crippen LogP contribution in [0, 0.1) is 12.8 Å². The van der Waals surface area contributed by atoms with Crippen LogP contribution in [0.15, 0.2) is 12.2 Å². The number of hydrogen-bond donors (Lipinski definition) is 0. The van der Waals surface area contributed by atoms with Gasteiger partial charge in [0.05, 0.1) is 0 Å². The average Bonchev–Trinajstić information content (AvgIpc) is 2.03. The molecule has 0 bridgehead atoms. The molecule has 0 aromatic rings. The number of hydrogen-bond acceptors (Lipinski definition) is 2. The van der Waals surface area contributed by atoms with Crippen molar-refractivity contribution in [1.82, 2.24) is 0 Å². The number of rotatable bonds is 6. The zero-order valence-electron chi connectivity index (χ0n) is 7.93. The molecule has 2 nitrogen and oxygen atoms in total. The summed E-state index contributed by atoms with van der Waals surface area (Å²) < 4.78 is 5.04. The van der Waals surface area contributed by atoms with Crippen molar-refractivity contribution in [2.75, 3.05) is 13.2 Å². The lowest BCUT2D eigenvalue weighted by Gasteiger charge is -2.09. The molecule has 0 heterocycles. The monoisotopic (exact) mass is 169 g/mol. The van der Waals surface area contributed by atoms with Crippen molar-refractivity contribution in [3.63, 3.8) is 0 Å². The van der Waals surface area contributed by atoms with Gasteiger partial charge in [-0.05, 0) is 25.8 Å². The molecule has 1 radical (unpaired) electrons. The fourth-order valence-corrected chi connectivity index (χ4v) is 0.914. The number of carbonyl (C=O) groups excluding carboxylic acids is 1. The van der Waals surface area contributed by atoms with Crippen LogP contribution in [-0.2, 0) is 9.53 Å². The van der Waals surface area contributed by atoms with Crippen LogP contribution in [0.25, 0.3) is 0 Å². The molecule has 0 rings (SSSR count). The Morgan fingerprint density at radius 3 is 2.58 bits per heavy atom. The molecule has 2 heteroatoms. The van der Waals surface area contributed by atoms with Gasteiger partial charge in [0.1, 0.15) is 0 Å². The molecule has 1 unspecified atom stereocenters. The third-order valence-corrected chi connectivity index (χ3v) is 1.71. The molecule has 0 aromatic heterocycles. The Morgan fingerprint density at radius 2 is 2.17 bits per heavy atom. The van der Waals surface area contributed by atoms with E-state index in [1.54, 1.807) is 6.92 Å². The molecule has 69 valence electrons. The second-order valence-electron chi connectivity index (χ2n) is 2.95. The van der Waals surface area contributed by atoms with Crippen LogP contribution in [0.5, 0.6) is 0 Å². The summed E-state index contributed by atoms with van der Waals surface area (Å²) in [6.07, 6.45) is 0.751. The lowest BCUT2D eigenvalue weighted by molar-refractivity contribution is -0.119. The van der Waals surface area contributed by atoms with Crippen LogP contribution in [0.4, 0.5) is 0 Å². The molecule has 0 aliphatic rings. The number of Topliss-reactive ketones (excluding diaryl/α,β-unsaturated/α-hetero) is 1. The van der Waals surface area contributed by atoms with Crippen molar-refractivity contribution in [2.24, 2.45) is 5.92 Å². The fraction of sp³-hybridized carbons (Fsp3) is 0.600. The molecule has 0 N–H and O–H groups in total. The molecule has 0 aliphatic carbocycles. The smallest absolute Gasteiger partial charge is 0.160 e. The zero-order chi connectivity index (χ0) is 9.56. The van der Waals surface area contributed by atoms with Crippen molar-refractivity contribution in [1.29, 1.82) is 0 Å². The van der Waals surface area contributed by atoms with Crippen molar-refractivity contribution < 1.29 is 9.53 Å². The van der Waals surface area contributed by atoms with Crippen LogP contribution in [0.2, 0.25) is 0 Å². The van der Waals surface area contributed by atoms with E-state index >= 15 is 0 Å². The summed E-state index contributed by atoms with van der Waals surface area (Å²) in [6.45, 7) is 11.8. The van der Waals surface area contributed by atoms with Crippen LogP contribution in [-0.4, -0.2) is 19.0 Å². The third kappa shape index (κ3) is 4.29. The molecule has 0 aromatic carbocycles. The summed E-state index contributed by atoms with van der Waals surface area (Å²) in [5.41, 5.74) is 0.622. The van der Waals surface area contributed by atoms with Gasteiger partial charge in [-0.15, -0.1) is 0 Å². The predicted octanol–water partition coefficient (Wildman–Crippen LogP) is 2.01. The Kier molecular flexibility index (Phi) is 5.64. The highest BCUT2D eigenvalue weighted by molar-refractivity contribution is 5.95. The first-order valence-corrected chi connectivity index (χ1v) is 4.16. The fourth-order valence-electron chi connectivity index (χ4n) is 0.914. The van der Waals surface area contributed by atoms with Gasteiger partial charge in [-0.1, -0.05) is 13.5 Å². The molecular weight excluding hydrogens is 152 g/mol. The largest absolute Gasteiger partial charge is 0.381 e. The first-order valence-electron chi connectivity index (χ1n) is 4.16. The molecule has 0 saturated heterocycles. The summed E-state index contributed by atoms with van der Waals surface area (Å²) in [4.78, 5) is 11.3. The summed E-state index contributed by atoms with van der Waals surface area (Å²) >= 11 is 0. The van der Waals surface area contributed by atoms with E-state index in [2.05, 4.69) is 13.5 Å². The minimum Gasteiger partial charge on any atom is -0.381 e. The molecule has 0 saturated carbocycles. The van der Waals surface area contributed by atoms with Crippen molar-refractivity contribution in [2.45, 2.75) is 20.3 Å². The maximum absolute atomic E-state index is 11.3. The van der Waals surface area contributed by atoms with E-state index in [1.807, 2.05) is 6.92 Å². The van der Waals surface area contributed by atoms with Crippen molar-refractivity contribution in [3.05, 3.63) is 19.1 Å². The number of allylic oxidation sites excluding steroid dienone is 1. The highest BCUT2D eigenvalue weighted by atomic mass is 16.5. The third-order valence-electron chi connectivity index (χ3n) is 1.71. The highest BCUT2D eigenvalue weighted by Crippen LogP contribution is 2.08. The van der Waals surface area contributed by atoms with Gasteiger partial charge in [0, 0.05) is 19.1 Å². The van der Waals surface area contributed by atoms with Gasteiger partial charge in [-0.25, -0.2) is 0 Å². The van der Waals surface area contributed by atoms with Crippen molar-refractivity contribution in [3.8, 4) is 0 Å². The van der Waals surface area contributed by atoms with Crippen LogP contribution in [0.1, 0.15) is 20.3 Å². The average molecular weight is 169 g/mol. The van der Waals surface area contributed by atoms with Gasteiger partial charge < -0.3 is 4.74 Å². The SMILES string of the molecule is [CH2]COCCC(C)C(=O)C(=C)C.